The minimum absolute atomic E-state index is 0.217. The van der Waals surface area contributed by atoms with Crippen LogP contribution in [0.4, 0.5) is 10.1 Å². The van der Waals surface area contributed by atoms with Crippen LogP contribution in [0.1, 0.15) is 29.3 Å². The molecular formula is C18H19FN2O4. The van der Waals surface area contributed by atoms with Gasteiger partial charge < -0.3 is 20.1 Å². The molecule has 0 aliphatic carbocycles. The summed E-state index contributed by atoms with van der Waals surface area (Å²) in [6.07, 6.45) is 0.688. The summed E-state index contributed by atoms with van der Waals surface area (Å²) in [6, 6.07) is 5.97. The first kappa shape index (κ1) is 17.2. The zero-order chi connectivity index (χ0) is 18.1. The Balaban J connectivity index is 2.03. The van der Waals surface area contributed by atoms with Crippen LogP contribution in [-0.4, -0.2) is 40.4 Å². The SMILES string of the molecule is CCc1cc(C(=O)O)c(=O)[nH]c1-c1ccc(N2CC[C@H](O)C2)cc1F. The van der Waals surface area contributed by atoms with Gasteiger partial charge in [0.05, 0.1) is 11.8 Å². The van der Waals surface area contributed by atoms with E-state index in [9.17, 15) is 19.1 Å². The number of nitrogens with one attached hydrogen (secondary N) is 1. The maximum absolute atomic E-state index is 14.7. The number of anilines is 1. The summed E-state index contributed by atoms with van der Waals surface area (Å²) in [5.41, 5.74) is 0.618. The number of aryl methyl sites for hydroxylation is 1. The van der Waals surface area contributed by atoms with Crippen LogP contribution in [0.5, 0.6) is 0 Å². The van der Waals surface area contributed by atoms with Gasteiger partial charge in [0.25, 0.3) is 5.56 Å². The van der Waals surface area contributed by atoms with Gasteiger partial charge in [-0.05, 0) is 42.7 Å². The molecule has 7 heteroatoms. The number of pyridine rings is 1. The lowest BCUT2D eigenvalue weighted by atomic mass is 10.0. The Hall–Kier alpha value is -2.67. The molecule has 0 spiro atoms. The summed E-state index contributed by atoms with van der Waals surface area (Å²) in [5, 5.41) is 18.7. The highest BCUT2D eigenvalue weighted by Crippen LogP contribution is 2.29. The van der Waals surface area contributed by atoms with Gasteiger partial charge in [-0.3, -0.25) is 4.79 Å². The quantitative estimate of drug-likeness (QED) is 0.787. The maximum atomic E-state index is 14.7. The van der Waals surface area contributed by atoms with E-state index in [1.165, 1.54) is 12.1 Å². The molecule has 0 saturated carbocycles. The third-order valence-corrected chi connectivity index (χ3v) is 4.48. The molecule has 3 rings (SSSR count). The fraction of sp³-hybridized carbons (Fsp3) is 0.333. The van der Waals surface area contributed by atoms with Crippen molar-refractivity contribution in [1.29, 1.82) is 0 Å². The molecule has 1 aliphatic rings. The number of aromatic amines is 1. The summed E-state index contributed by atoms with van der Waals surface area (Å²) < 4.78 is 14.7. The molecule has 0 amide bonds. The minimum Gasteiger partial charge on any atom is -0.477 e. The van der Waals surface area contributed by atoms with Gasteiger partial charge in [-0.15, -0.1) is 0 Å². The van der Waals surface area contributed by atoms with Crippen LogP contribution in [0.3, 0.4) is 0 Å². The standard InChI is InChI=1S/C18H19FN2O4/c1-2-10-7-14(18(24)25)17(23)20-16(10)13-4-3-11(8-15(13)19)21-6-5-12(22)9-21/h3-4,7-8,12,22H,2,5-6,9H2,1H3,(H,20,23)(H,24,25)/t12-/m0/s1. The zero-order valence-electron chi connectivity index (χ0n) is 13.8. The van der Waals surface area contributed by atoms with Crippen LogP contribution in [0.2, 0.25) is 0 Å². The first-order chi connectivity index (χ1) is 11.9. The Morgan fingerprint density at radius 3 is 2.72 bits per heavy atom. The molecule has 1 saturated heterocycles. The van der Waals surface area contributed by atoms with Gasteiger partial charge in [0.15, 0.2) is 0 Å². The van der Waals surface area contributed by atoms with E-state index in [2.05, 4.69) is 4.98 Å². The Morgan fingerprint density at radius 1 is 1.40 bits per heavy atom. The molecule has 1 aromatic carbocycles. The van der Waals surface area contributed by atoms with E-state index < -0.39 is 23.4 Å². The number of aliphatic hydroxyl groups is 1. The van der Waals surface area contributed by atoms with Crippen molar-refractivity contribution in [1.82, 2.24) is 4.98 Å². The molecule has 2 aromatic rings. The van der Waals surface area contributed by atoms with Gasteiger partial charge in [0, 0.05) is 24.3 Å². The number of β-amino-alcohol motifs (C(OH)–C–C–N with tert-alkyl or cyclic N) is 1. The van der Waals surface area contributed by atoms with Crippen molar-refractivity contribution < 1.29 is 19.4 Å². The van der Waals surface area contributed by atoms with Gasteiger partial charge in [0.1, 0.15) is 11.4 Å². The number of rotatable bonds is 4. The van der Waals surface area contributed by atoms with E-state index in [1.807, 2.05) is 4.90 Å². The highest BCUT2D eigenvalue weighted by atomic mass is 19.1. The van der Waals surface area contributed by atoms with Gasteiger partial charge >= 0.3 is 5.97 Å². The predicted molar refractivity (Wildman–Crippen MR) is 91.6 cm³/mol. The summed E-state index contributed by atoms with van der Waals surface area (Å²) in [6.45, 7) is 2.92. The largest absolute Gasteiger partial charge is 0.477 e. The van der Waals surface area contributed by atoms with E-state index in [1.54, 1.807) is 19.1 Å². The van der Waals surface area contributed by atoms with Crippen molar-refractivity contribution in [3.63, 3.8) is 0 Å². The third kappa shape index (κ3) is 3.28. The second-order valence-electron chi connectivity index (χ2n) is 6.12. The number of aromatic carboxylic acids is 1. The molecule has 1 fully saturated rings. The lowest BCUT2D eigenvalue weighted by Crippen LogP contribution is -2.21. The monoisotopic (exact) mass is 346 g/mol. The lowest BCUT2D eigenvalue weighted by Gasteiger charge is -2.19. The Kier molecular flexibility index (Phi) is 4.59. The average molecular weight is 346 g/mol. The Labute approximate surface area is 143 Å². The van der Waals surface area contributed by atoms with Crippen molar-refractivity contribution in [2.45, 2.75) is 25.9 Å². The van der Waals surface area contributed by atoms with E-state index in [4.69, 9.17) is 5.11 Å². The van der Waals surface area contributed by atoms with Crippen LogP contribution in [0.15, 0.2) is 29.1 Å². The molecule has 1 aromatic heterocycles. The lowest BCUT2D eigenvalue weighted by molar-refractivity contribution is 0.0695. The predicted octanol–water partition coefficient (Wildman–Crippen LogP) is 2.01. The van der Waals surface area contributed by atoms with Gasteiger partial charge in [-0.25, -0.2) is 9.18 Å². The highest BCUT2D eigenvalue weighted by Gasteiger charge is 2.22. The summed E-state index contributed by atoms with van der Waals surface area (Å²) >= 11 is 0. The van der Waals surface area contributed by atoms with Crippen LogP contribution >= 0.6 is 0 Å². The molecule has 0 radical (unpaired) electrons. The number of hydrogen-bond acceptors (Lipinski definition) is 4. The number of carboxylic acids is 1. The van der Waals surface area contributed by atoms with Gasteiger partial charge in [-0.2, -0.15) is 0 Å². The van der Waals surface area contributed by atoms with E-state index in [0.717, 1.165) is 0 Å². The summed E-state index contributed by atoms with van der Waals surface area (Å²) in [5.74, 6) is -1.82. The Bertz CT molecular complexity index is 878. The third-order valence-electron chi connectivity index (χ3n) is 4.48. The second kappa shape index (κ2) is 6.68. The first-order valence-corrected chi connectivity index (χ1v) is 8.13. The summed E-state index contributed by atoms with van der Waals surface area (Å²) in [7, 11) is 0. The molecule has 132 valence electrons. The molecule has 0 bridgehead atoms. The summed E-state index contributed by atoms with van der Waals surface area (Å²) in [4.78, 5) is 27.5. The van der Waals surface area contributed by atoms with Gasteiger partial charge in [0.2, 0.25) is 0 Å². The van der Waals surface area contributed by atoms with E-state index >= 15 is 0 Å². The number of hydrogen-bond donors (Lipinski definition) is 3. The fourth-order valence-corrected chi connectivity index (χ4v) is 3.13. The van der Waals surface area contributed by atoms with Crippen LogP contribution < -0.4 is 10.5 Å². The van der Waals surface area contributed by atoms with Crippen molar-refractivity contribution >= 4 is 11.7 Å². The van der Waals surface area contributed by atoms with E-state index in [0.29, 0.717) is 42.9 Å². The molecular weight excluding hydrogens is 327 g/mol. The molecule has 1 atom stereocenters. The second-order valence-corrected chi connectivity index (χ2v) is 6.12. The molecule has 6 nitrogen and oxygen atoms in total. The fourth-order valence-electron chi connectivity index (χ4n) is 3.13. The first-order valence-electron chi connectivity index (χ1n) is 8.13. The highest BCUT2D eigenvalue weighted by molar-refractivity contribution is 5.88. The molecule has 1 aliphatic heterocycles. The normalized spacial score (nSPS) is 17.1. The van der Waals surface area contributed by atoms with Crippen molar-refractivity contribution in [2.24, 2.45) is 0 Å². The Morgan fingerprint density at radius 2 is 2.16 bits per heavy atom. The number of benzene rings is 1. The topological polar surface area (TPSA) is 93.6 Å². The van der Waals surface area contributed by atoms with Crippen LogP contribution in [-0.2, 0) is 6.42 Å². The van der Waals surface area contributed by atoms with Crippen molar-refractivity contribution in [2.75, 3.05) is 18.0 Å². The minimum atomic E-state index is -1.31. The van der Waals surface area contributed by atoms with Crippen molar-refractivity contribution in [3.8, 4) is 11.3 Å². The number of carboxylic acid groups (broad SMARTS) is 1. The number of carbonyl (C=O) groups is 1. The smallest absolute Gasteiger partial charge is 0.341 e. The number of halogens is 1. The van der Waals surface area contributed by atoms with E-state index in [-0.39, 0.29) is 11.1 Å². The van der Waals surface area contributed by atoms with Gasteiger partial charge in [-0.1, -0.05) is 6.92 Å². The number of H-pyrrole nitrogens is 1. The number of aliphatic hydroxyl groups excluding tert-OH is 1. The number of aromatic nitrogens is 1. The molecule has 0 unspecified atom stereocenters. The molecule has 25 heavy (non-hydrogen) atoms. The molecule has 3 N–H and O–H groups in total. The van der Waals surface area contributed by atoms with Crippen LogP contribution in [0, 0.1) is 5.82 Å². The molecule has 2 heterocycles. The zero-order valence-corrected chi connectivity index (χ0v) is 13.8. The maximum Gasteiger partial charge on any atom is 0.341 e. The number of nitrogens with zero attached hydrogens (tertiary/aromatic N) is 1. The van der Waals surface area contributed by atoms with Crippen LogP contribution in [0.25, 0.3) is 11.3 Å². The van der Waals surface area contributed by atoms with Crippen molar-refractivity contribution in [3.05, 3.63) is 51.6 Å². The average Bonchev–Trinajstić information content (AvgIpc) is 3.00.